The second-order valence-electron chi connectivity index (χ2n) is 8.81. The van der Waals surface area contributed by atoms with Gasteiger partial charge in [0.15, 0.2) is 11.5 Å². The summed E-state index contributed by atoms with van der Waals surface area (Å²) in [5.41, 5.74) is 3.51. The molecule has 43 heavy (non-hydrogen) atoms. The van der Waals surface area contributed by atoms with Crippen LogP contribution in [0.25, 0.3) is 16.8 Å². The standard InChI is InChI=1S/C22H20N6O.2C2HF3O2/c29-22(19-3-1-2-10-24-19)27-13-8-17(9-14-27)21-25-20-5-4-18(15-28(20)26-21)16-6-11-23-12-7-16;2*3-2(4,5)1(6)7/h1-7,10-12,15,17H,8-9,13-14H2;2*(H,6,7). The molecule has 1 aliphatic heterocycles. The summed E-state index contributed by atoms with van der Waals surface area (Å²) in [7, 11) is 0. The molecule has 11 nitrogen and oxygen atoms in total. The van der Waals surface area contributed by atoms with Gasteiger partial charge >= 0.3 is 24.3 Å². The summed E-state index contributed by atoms with van der Waals surface area (Å²) in [6.45, 7) is 1.38. The van der Waals surface area contributed by atoms with Crippen LogP contribution >= 0.6 is 0 Å². The lowest BCUT2D eigenvalue weighted by Gasteiger charge is -2.30. The normalized spacial score (nSPS) is 13.8. The lowest BCUT2D eigenvalue weighted by molar-refractivity contribution is -0.193. The van der Waals surface area contributed by atoms with E-state index in [0.29, 0.717) is 18.8 Å². The van der Waals surface area contributed by atoms with Crippen LogP contribution in [-0.2, 0) is 9.59 Å². The van der Waals surface area contributed by atoms with Crippen molar-refractivity contribution in [1.82, 2.24) is 29.5 Å². The third-order valence-electron chi connectivity index (χ3n) is 5.88. The number of aliphatic carboxylic acids is 2. The number of rotatable bonds is 3. The molecule has 0 aliphatic carbocycles. The number of carbonyl (C=O) groups excluding carboxylic acids is 1. The lowest BCUT2D eigenvalue weighted by Crippen LogP contribution is -2.38. The van der Waals surface area contributed by atoms with Crippen LogP contribution in [0.15, 0.2) is 67.3 Å². The number of hydrogen-bond donors (Lipinski definition) is 2. The van der Waals surface area contributed by atoms with Crippen molar-refractivity contribution in [3.8, 4) is 11.1 Å². The van der Waals surface area contributed by atoms with E-state index in [1.165, 1.54) is 0 Å². The average molecular weight is 612 g/mol. The number of fused-ring (bicyclic) bond motifs is 1. The van der Waals surface area contributed by atoms with Crippen molar-refractivity contribution < 1.29 is 50.9 Å². The van der Waals surface area contributed by atoms with Gasteiger partial charge in [-0.1, -0.05) is 6.07 Å². The van der Waals surface area contributed by atoms with Crippen LogP contribution < -0.4 is 0 Å². The zero-order chi connectivity index (χ0) is 31.8. The molecule has 0 atom stereocenters. The summed E-state index contributed by atoms with van der Waals surface area (Å²) in [5, 5.41) is 19.0. The first-order valence-corrected chi connectivity index (χ1v) is 12.2. The molecule has 1 aliphatic rings. The van der Waals surface area contributed by atoms with E-state index in [2.05, 4.69) is 16.0 Å². The van der Waals surface area contributed by atoms with Gasteiger partial charge < -0.3 is 15.1 Å². The predicted octanol–water partition coefficient (Wildman–Crippen LogP) is 4.47. The van der Waals surface area contributed by atoms with Crippen LogP contribution in [-0.4, -0.2) is 83.0 Å². The minimum atomic E-state index is -5.08. The highest BCUT2D eigenvalue weighted by Crippen LogP contribution is 2.27. The maximum atomic E-state index is 12.6. The Morgan fingerprint density at radius 3 is 1.88 bits per heavy atom. The Kier molecular flexibility index (Phi) is 10.3. The highest BCUT2D eigenvalue weighted by Gasteiger charge is 2.39. The molecule has 17 heteroatoms. The van der Waals surface area contributed by atoms with Crippen molar-refractivity contribution in [1.29, 1.82) is 0 Å². The largest absolute Gasteiger partial charge is 0.490 e. The smallest absolute Gasteiger partial charge is 0.475 e. The molecule has 2 N–H and O–H groups in total. The number of carboxylic acid groups (broad SMARTS) is 2. The van der Waals surface area contributed by atoms with Gasteiger partial charge in [0.1, 0.15) is 5.69 Å². The molecule has 1 amide bonds. The minimum Gasteiger partial charge on any atom is -0.475 e. The number of hydrogen-bond acceptors (Lipinski definition) is 7. The second kappa shape index (κ2) is 13.7. The van der Waals surface area contributed by atoms with Crippen LogP contribution in [0, 0.1) is 0 Å². The minimum absolute atomic E-state index is 0.00555. The van der Waals surface area contributed by atoms with Crippen molar-refractivity contribution >= 4 is 23.5 Å². The summed E-state index contributed by atoms with van der Waals surface area (Å²) in [5.74, 6) is -4.41. The third-order valence-corrected chi connectivity index (χ3v) is 5.88. The fourth-order valence-electron chi connectivity index (χ4n) is 3.78. The monoisotopic (exact) mass is 612 g/mol. The molecule has 0 radical (unpaired) electrons. The first kappa shape index (κ1) is 32.4. The van der Waals surface area contributed by atoms with Crippen LogP contribution in [0.1, 0.15) is 35.1 Å². The van der Waals surface area contributed by atoms with Gasteiger partial charge in [-0.15, -0.1) is 0 Å². The van der Waals surface area contributed by atoms with E-state index >= 15 is 0 Å². The van der Waals surface area contributed by atoms with E-state index < -0.39 is 24.3 Å². The van der Waals surface area contributed by atoms with Crippen LogP contribution in [0.5, 0.6) is 0 Å². The molecule has 1 fully saturated rings. The Labute approximate surface area is 238 Å². The van der Waals surface area contributed by atoms with Crippen molar-refractivity contribution in [2.75, 3.05) is 13.1 Å². The van der Waals surface area contributed by atoms with Crippen LogP contribution in [0.4, 0.5) is 26.3 Å². The van der Waals surface area contributed by atoms with Crippen molar-refractivity contribution in [3.05, 3.63) is 78.8 Å². The van der Waals surface area contributed by atoms with Crippen molar-refractivity contribution in [2.45, 2.75) is 31.1 Å². The highest BCUT2D eigenvalue weighted by molar-refractivity contribution is 5.92. The second-order valence-corrected chi connectivity index (χ2v) is 8.81. The van der Waals surface area contributed by atoms with E-state index in [0.717, 1.165) is 35.4 Å². The van der Waals surface area contributed by atoms with Crippen molar-refractivity contribution in [3.63, 3.8) is 0 Å². The number of pyridine rings is 3. The number of halogens is 6. The van der Waals surface area contributed by atoms with Gasteiger partial charge in [-0.25, -0.2) is 19.1 Å². The Morgan fingerprint density at radius 2 is 1.37 bits per heavy atom. The summed E-state index contributed by atoms with van der Waals surface area (Å²) < 4.78 is 65.3. The summed E-state index contributed by atoms with van der Waals surface area (Å²) in [6, 6.07) is 13.4. The van der Waals surface area contributed by atoms with Crippen LogP contribution in [0.3, 0.4) is 0 Å². The molecule has 1 saturated heterocycles. The molecular formula is C26H22F6N6O5. The lowest BCUT2D eigenvalue weighted by atomic mass is 9.96. The highest BCUT2D eigenvalue weighted by atomic mass is 19.4. The first-order valence-electron chi connectivity index (χ1n) is 12.2. The molecule has 0 spiro atoms. The van der Waals surface area contributed by atoms with Gasteiger partial charge in [0.05, 0.1) is 0 Å². The maximum absolute atomic E-state index is 12.6. The SMILES string of the molecule is O=C(O)C(F)(F)F.O=C(O)C(F)(F)F.O=C(c1ccccn1)N1CCC(c2nc3ccc(-c4ccncc4)cn3n2)CC1. The molecule has 4 aromatic heterocycles. The number of aromatic nitrogens is 5. The predicted molar refractivity (Wildman–Crippen MR) is 136 cm³/mol. The maximum Gasteiger partial charge on any atom is 0.490 e. The Balaban J connectivity index is 0.000000303. The molecule has 0 saturated carbocycles. The molecule has 5 rings (SSSR count). The molecule has 228 valence electrons. The van der Waals surface area contributed by atoms with Gasteiger partial charge in [0.2, 0.25) is 0 Å². The van der Waals surface area contributed by atoms with Gasteiger partial charge in [0.25, 0.3) is 5.91 Å². The topological polar surface area (TPSA) is 151 Å². The van der Waals surface area contributed by atoms with E-state index in [1.807, 2.05) is 45.9 Å². The van der Waals surface area contributed by atoms with Crippen molar-refractivity contribution in [2.24, 2.45) is 0 Å². The molecule has 0 unspecified atom stereocenters. The number of alkyl halides is 6. The number of piperidine rings is 1. The Morgan fingerprint density at radius 1 is 0.791 bits per heavy atom. The van der Waals surface area contributed by atoms with Gasteiger partial charge in [0, 0.05) is 49.4 Å². The van der Waals surface area contributed by atoms with E-state index in [1.54, 1.807) is 24.7 Å². The quantitative estimate of drug-likeness (QED) is 0.319. The zero-order valence-corrected chi connectivity index (χ0v) is 21.8. The van der Waals surface area contributed by atoms with Gasteiger partial charge in [-0.3, -0.25) is 14.8 Å². The fraction of sp³-hybridized carbons (Fsp3) is 0.269. The average Bonchev–Trinajstić information content (AvgIpc) is 3.41. The van der Waals surface area contributed by atoms with Gasteiger partial charge in [-0.2, -0.15) is 31.4 Å². The number of carboxylic acids is 2. The van der Waals surface area contributed by atoms with E-state index in [9.17, 15) is 31.1 Å². The zero-order valence-electron chi connectivity index (χ0n) is 21.8. The number of likely N-dealkylation sites (tertiary alicyclic amines) is 1. The summed E-state index contributed by atoms with van der Waals surface area (Å²) >= 11 is 0. The number of amides is 1. The molecule has 0 bridgehead atoms. The Bertz CT molecular complexity index is 1520. The molecule has 4 aromatic rings. The molecule has 0 aromatic carbocycles. The van der Waals surface area contributed by atoms with Crippen LogP contribution in [0.2, 0.25) is 0 Å². The number of carbonyl (C=O) groups is 3. The van der Waals surface area contributed by atoms with E-state index in [-0.39, 0.29) is 11.8 Å². The molecular weight excluding hydrogens is 590 g/mol. The van der Waals surface area contributed by atoms with Gasteiger partial charge in [-0.05, 0) is 54.8 Å². The molecule has 5 heterocycles. The van der Waals surface area contributed by atoms with E-state index in [4.69, 9.17) is 29.9 Å². The summed E-state index contributed by atoms with van der Waals surface area (Å²) in [6.07, 6.45) is -1.24. The first-order chi connectivity index (χ1) is 20.2. The third kappa shape index (κ3) is 9.20. The Hall–Kier alpha value is -5.09. The summed E-state index contributed by atoms with van der Waals surface area (Å²) in [4.78, 5) is 45.2. The fourth-order valence-corrected chi connectivity index (χ4v) is 3.78. The number of nitrogens with zero attached hydrogens (tertiary/aromatic N) is 6.